The molecule has 8 nitrogen and oxygen atoms in total. The van der Waals surface area contributed by atoms with E-state index in [0.717, 1.165) is 4.57 Å². The maximum atomic E-state index is 12.2. The van der Waals surface area contributed by atoms with E-state index in [2.05, 4.69) is 5.32 Å². The molecule has 8 heteroatoms. The second kappa shape index (κ2) is 7.58. The van der Waals surface area contributed by atoms with Crippen molar-refractivity contribution < 1.29 is 18.7 Å². The smallest absolute Gasteiger partial charge is 0.420 e. The number of hydrogen-bond acceptors (Lipinski definition) is 6. The van der Waals surface area contributed by atoms with Gasteiger partial charge in [0, 0.05) is 5.69 Å². The van der Waals surface area contributed by atoms with Gasteiger partial charge >= 0.3 is 11.7 Å². The van der Waals surface area contributed by atoms with Crippen LogP contribution >= 0.6 is 0 Å². The Bertz CT molecular complexity index is 1110. The minimum atomic E-state index is -1.09. The van der Waals surface area contributed by atoms with Crippen molar-refractivity contribution in [3.05, 3.63) is 64.6 Å². The molecule has 0 bridgehead atoms. The molecule has 3 rings (SSSR count). The number of rotatable bonds is 5. The van der Waals surface area contributed by atoms with E-state index in [1.807, 2.05) is 6.07 Å². The van der Waals surface area contributed by atoms with Crippen LogP contribution in [0.1, 0.15) is 12.5 Å². The SMILES string of the molecule is C[C@@H](OC(=O)Cn1c(=O)oc2ccccc21)C(=O)Nc1cccc(C#N)c1. The molecule has 27 heavy (non-hydrogen) atoms. The van der Waals surface area contributed by atoms with Gasteiger partial charge < -0.3 is 14.5 Å². The quantitative estimate of drug-likeness (QED) is 0.692. The van der Waals surface area contributed by atoms with E-state index >= 15 is 0 Å². The maximum absolute atomic E-state index is 12.2. The first-order valence-corrected chi connectivity index (χ1v) is 8.07. The van der Waals surface area contributed by atoms with Crippen LogP contribution in [0.5, 0.6) is 0 Å². The summed E-state index contributed by atoms with van der Waals surface area (Å²) < 4.78 is 11.3. The van der Waals surface area contributed by atoms with Crippen molar-refractivity contribution in [2.24, 2.45) is 0 Å². The van der Waals surface area contributed by atoms with Crippen LogP contribution in [0, 0.1) is 11.3 Å². The van der Waals surface area contributed by atoms with E-state index in [0.29, 0.717) is 22.4 Å². The van der Waals surface area contributed by atoms with Gasteiger partial charge in [0.2, 0.25) is 0 Å². The van der Waals surface area contributed by atoms with E-state index in [9.17, 15) is 14.4 Å². The standard InChI is InChI=1S/C19H15N3O5/c1-12(18(24)21-14-6-4-5-13(9-14)10-20)26-17(23)11-22-15-7-2-3-8-16(15)27-19(22)25/h2-9,12H,11H2,1H3,(H,21,24)/t12-/m1/s1. The number of nitrogens with one attached hydrogen (secondary N) is 1. The van der Waals surface area contributed by atoms with Crippen LogP contribution in [0.3, 0.4) is 0 Å². The van der Waals surface area contributed by atoms with Crippen LogP contribution < -0.4 is 11.1 Å². The second-order valence-corrected chi connectivity index (χ2v) is 5.74. The molecule has 1 heterocycles. The number of para-hydroxylation sites is 2. The number of oxazole rings is 1. The summed E-state index contributed by atoms with van der Waals surface area (Å²) in [4.78, 5) is 36.2. The first-order chi connectivity index (χ1) is 13.0. The Morgan fingerprint density at radius 3 is 2.81 bits per heavy atom. The van der Waals surface area contributed by atoms with Crippen LogP contribution in [-0.2, 0) is 20.9 Å². The van der Waals surface area contributed by atoms with Gasteiger partial charge in [0.1, 0.15) is 6.54 Å². The summed E-state index contributed by atoms with van der Waals surface area (Å²) in [6.07, 6.45) is -1.09. The number of hydrogen-bond donors (Lipinski definition) is 1. The minimum absolute atomic E-state index is 0.360. The first kappa shape index (κ1) is 17.9. The van der Waals surface area contributed by atoms with Crippen molar-refractivity contribution in [2.45, 2.75) is 19.6 Å². The molecule has 136 valence electrons. The Balaban J connectivity index is 1.64. The summed E-state index contributed by atoms with van der Waals surface area (Å²) in [5, 5.41) is 11.4. The second-order valence-electron chi connectivity index (χ2n) is 5.74. The maximum Gasteiger partial charge on any atom is 0.420 e. The first-order valence-electron chi connectivity index (χ1n) is 8.07. The number of nitriles is 1. The number of aromatic nitrogens is 1. The summed E-state index contributed by atoms with van der Waals surface area (Å²) in [5.41, 5.74) is 1.63. The van der Waals surface area contributed by atoms with E-state index in [1.54, 1.807) is 42.5 Å². The Hall–Kier alpha value is -3.86. The molecule has 0 aliphatic heterocycles. The summed E-state index contributed by atoms with van der Waals surface area (Å²) in [6, 6.07) is 15.0. The molecule has 0 unspecified atom stereocenters. The lowest BCUT2D eigenvalue weighted by atomic mass is 10.2. The van der Waals surface area contributed by atoms with Crippen LogP contribution in [0.4, 0.5) is 5.69 Å². The van der Waals surface area contributed by atoms with Gasteiger partial charge in [0.25, 0.3) is 5.91 Å². The number of benzene rings is 2. The zero-order valence-corrected chi connectivity index (χ0v) is 14.3. The average molecular weight is 365 g/mol. The lowest BCUT2D eigenvalue weighted by Crippen LogP contribution is -2.32. The fraction of sp³-hybridized carbons (Fsp3) is 0.158. The Labute approximate surface area is 153 Å². The van der Waals surface area contributed by atoms with Crippen LogP contribution in [-0.4, -0.2) is 22.5 Å². The molecule has 0 saturated carbocycles. The Morgan fingerprint density at radius 1 is 1.26 bits per heavy atom. The topological polar surface area (TPSA) is 114 Å². The summed E-state index contributed by atoms with van der Waals surface area (Å²) in [5.74, 6) is -1.99. The van der Waals surface area contributed by atoms with Crippen molar-refractivity contribution in [1.29, 1.82) is 5.26 Å². The highest BCUT2D eigenvalue weighted by Crippen LogP contribution is 2.13. The van der Waals surface area contributed by atoms with E-state index in [-0.39, 0.29) is 6.54 Å². The molecule has 1 aromatic heterocycles. The van der Waals surface area contributed by atoms with Gasteiger partial charge in [-0.05, 0) is 37.3 Å². The van der Waals surface area contributed by atoms with Gasteiger partial charge in [0.15, 0.2) is 11.7 Å². The van der Waals surface area contributed by atoms with Crippen molar-refractivity contribution in [2.75, 3.05) is 5.32 Å². The molecule has 1 amide bonds. The lowest BCUT2D eigenvalue weighted by molar-refractivity contribution is -0.153. The zero-order valence-electron chi connectivity index (χ0n) is 14.3. The molecule has 1 N–H and O–H groups in total. The van der Waals surface area contributed by atoms with Crippen LogP contribution in [0.2, 0.25) is 0 Å². The van der Waals surface area contributed by atoms with Crippen LogP contribution in [0.25, 0.3) is 11.1 Å². The molecule has 0 saturated heterocycles. The van der Waals surface area contributed by atoms with Crippen molar-refractivity contribution >= 4 is 28.7 Å². The normalized spacial score (nSPS) is 11.6. The molecular weight excluding hydrogens is 350 g/mol. The molecule has 3 aromatic rings. The molecule has 0 fully saturated rings. The number of amides is 1. The number of carbonyl (C=O) groups is 2. The summed E-state index contributed by atoms with van der Waals surface area (Å²) >= 11 is 0. The average Bonchev–Trinajstić information content (AvgIpc) is 2.97. The van der Waals surface area contributed by atoms with E-state index in [1.165, 1.54) is 13.0 Å². The number of anilines is 1. The minimum Gasteiger partial charge on any atom is -0.451 e. The van der Waals surface area contributed by atoms with Gasteiger partial charge in [-0.3, -0.25) is 14.2 Å². The fourth-order valence-electron chi connectivity index (χ4n) is 2.49. The number of carbonyl (C=O) groups excluding carboxylic acids is 2. The Morgan fingerprint density at radius 2 is 2.04 bits per heavy atom. The predicted octanol–water partition coefficient (Wildman–Crippen LogP) is 2.04. The number of esters is 1. The van der Waals surface area contributed by atoms with E-state index in [4.69, 9.17) is 14.4 Å². The molecular formula is C19H15N3O5. The van der Waals surface area contributed by atoms with Gasteiger partial charge in [-0.2, -0.15) is 5.26 Å². The molecule has 0 aliphatic rings. The predicted molar refractivity (Wildman–Crippen MR) is 95.8 cm³/mol. The molecule has 1 atom stereocenters. The molecule has 0 spiro atoms. The number of ether oxygens (including phenoxy) is 1. The third-order valence-electron chi connectivity index (χ3n) is 3.80. The highest BCUT2D eigenvalue weighted by molar-refractivity contribution is 5.95. The van der Waals surface area contributed by atoms with Crippen molar-refractivity contribution in [3.63, 3.8) is 0 Å². The van der Waals surface area contributed by atoms with E-state index < -0.39 is 23.7 Å². The highest BCUT2D eigenvalue weighted by atomic mass is 16.5. The van der Waals surface area contributed by atoms with Crippen molar-refractivity contribution in [3.8, 4) is 6.07 Å². The van der Waals surface area contributed by atoms with Gasteiger partial charge in [-0.1, -0.05) is 18.2 Å². The molecule has 2 aromatic carbocycles. The third-order valence-corrected chi connectivity index (χ3v) is 3.80. The van der Waals surface area contributed by atoms with Crippen molar-refractivity contribution in [1.82, 2.24) is 4.57 Å². The molecule has 0 aliphatic carbocycles. The summed E-state index contributed by atoms with van der Waals surface area (Å²) in [6.45, 7) is 1.04. The fourth-order valence-corrected chi connectivity index (χ4v) is 2.49. The third kappa shape index (κ3) is 4.04. The molecule has 0 radical (unpaired) electrons. The summed E-state index contributed by atoms with van der Waals surface area (Å²) in [7, 11) is 0. The largest absolute Gasteiger partial charge is 0.451 e. The highest BCUT2D eigenvalue weighted by Gasteiger charge is 2.20. The van der Waals surface area contributed by atoms with Gasteiger partial charge in [-0.15, -0.1) is 0 Å². The zero-order chi connectivity index (χ0) is 19.4. The van der Waals surface area contributed by atoms with Crippen LogP contribution in [0.15, 0.2) is 57.7 Å². The number of nitrogens with zero attached hydrogens (tertiary/aromatic N) is 2. The monoisotopic (exact) mass is 365 g/mol. The number of fused-ring (bicyclic) bond motifs is 1. The van der Waals surface area contributed by atoms with Gasteiger partial charge in [-0.25, -0.2) is 4.79 Å². The van der Waals surface area contributed by atoms with Gasteiger partial charge in [0.05, 0.1) is 17.1 Å². The Kier molecular flexibility index (Phi) is 5.04. The lowest BCUT2D eigenvalue weighted by Gasteiger charge is -2.13.